The second-order valence-corrected chi connectivity index (χ2v) is 7.82. The number of esters is 1. The van der Waals surface area contributed by atoms with Crippen molar-refractivity contribution in [2.24, 2.45) is 0 Å². The van der Waals surface area contributed by atoms with E-state index in [1.54, 1.807) is 48.2 Å². The fraction of sp³-hybridized carbons (Fsp3) is 0.280. The van der Waals surface area contributed by atoms with E-state index in [0.717, 1.165) is 0 Å². The molecule has 1 aliphatic rings. The van der Waals surface area contributed by atoms with Crippen LogP contribution < -0.4 is 10.1 Å². The van der Waals surface area contributed by atoms with E-state index in [-0.39, 0.29) is 23.8 Å². The van der Waals surface area contributed by atoms with Crippen LogP contribution in [0.4, 0.5) is 11.4 Å². The van der Waals surface area contributed by atoms with Crippen LogP contribution in [0.5, 0.6) is 5.75 Å². The van der Waals surface area contributed by atoms with Crippen molar-refractivity contribution in [3.63, 3.8) is 0 Å². The summed E-state index contributed by atoms with van der Waals surface area (Å²) in [5.41, 5.74) is 1.56. The fourth-order valence-electron chi connectivity index (χ4n) is 3.91. The fourth-order valence-corrected chi connectivity index (χ4v) is 3.91. The zero-order valence-corrected chi connectivity index (χ0v) is 21.3. The normalized spacial score (nSPS) is 13.6. The van der Waals surface area contributed by atoms with Crippen LogP contribution >= 0.6 is 0 Å². The Balaban J connectivity index is 0.00000342. The van der Waals surface area contributed by atoms with Gasteiger partial charge in [-0.25, -0.2) is 9.59 Å². The number of para-hydroxylation sites is 1. The van der Waals surface area contributed by atoms with Crippen LogP contribution in [0.3, 0.4) is 0 Å². The van der Waals surface area contributed by atoms with Crippen molar-refractivity contribution in [2.45, 2.75) is 25.9 Å². The number of rotatable bonds is 8. The smallest absolute Gasteiger partial charge is 0.341 e. The Morgan fingerprint density at radius 3 is 2.60 bits per heavy atom. The van der Waals surface area contributed by atoms with Gasteiger partial charge in [0.1, 0.15) is 17.4 Å². The van der Waals surface area contributed by atoms with E-state index in [2.05, 4.69) is 10.3 Å². The average Bonchev–Trinajstić information content (AvgIpc) is 2.85. The van der Waals surface area contributed by atoms with Crippen LogP contribution in [0.2, 0.25) is 0 Å². The minimum absolute atomic E-state index is 0. The molecule has 3 aromatic rings. The van der Waals surface area contributed by atoms with E-state index in [1.165, 1.54) is 12.3 Å². The topological polar surface area (TPSA) is 118 Å². The van der Waals surface area contributed by atoms with E-state index >= 15 is 0 Å². The number of nitrogens with zero attached hydrogens (tertiary/aromatic N) is 2. The molecule has 0 saturated carbocycles. The second-order valence-electron chi connectivity index (χ2n) is 7.82. The number of hydrogen-bond acceptors (Lipinski definition) is 7. The van der Waals surface area contributed by atoms with Gasteiger partial charge in [-0.1, -0.05) is 12.1 Å². The molecule has 1 fully saturated rings. The number of likely N-dealkylation sites (tertiary alicyclic amines) is 1. The van der Waals surface area contributed by atoms with Gasteiger partial charge in [0.15, 0.2) is 0 Å². The second kappa shape index (κ2) is 10.7. The van der Waals surface area contributed by atoms with Crippen molar-refractivity contribution >= 4 is 40.6 Å². The summed E-state index contributed by atoms with van der Waals surface area (Å²) in [5, 5.41) is 13.3. The molecule has 188 valence electrons. The van der Waals surface area contributed by atoms with Gasteiger partial charge in [-0.3, -0.25) is 4.98 Å². The number of fused-ring (bicyclic) bond motifs is 1. The van der Waals surface area contributed by atoms with Crippen molar-refractivity contribution in [3.05, 3.63) is 59.8 Å². The average molecular weight is 719 g/mol. The molecule has 1 aromatic heterocycles. The summed E-state index contributed by atoms with van der Waals surface area (Å²) >= 11 is 0. The van der Waals surface area contributed by atoms with Gasteiger partial charge >= 0.3 is 11.9 Å². The van der Waals surface area contributed by atoms with Gasteiger partial charge in [0.05, 0.1) is 29.1 Å². The summed E-state index contributed by atoms with van der Waals surface area (Å²) in [7, 11) is 0. The summed E-state index contributed by atoms with van der Waals surface area (Å²) < 4.78 is 11.4. The largest absolute Gasteiger partial charge is 0.520 e. The number of hydrogen-bond donors (Lipinski definition) is 2. The summed E-state index contributed by atoms with van der Waals surface area (Å²) in [6, 6.07) is 11.8. The summed E-state index contributed by atoms with van der Waals surface area (Å²) in [6.45, 7) is 3.05. The number of aromatic nitrogens is 1. The van der Waals surface area contributed by atoms with E-state index < -0.39 is 11.9 Å². The van der Waals surface area contributed by atoms with Gasteiger partial charge in [-0.2, -0.15) is 6.41 Å². The predicted molar refractivity (Wildman–Crippen MR) is 125 cm³/mol. The minimum atomic E-state index is -1.10. The summed E-state index contributed by atoms with van der Waals surface area (Å²) in [6.07, 6.45) is 4.63. The maximum absolute atomic E-state index is 12.7. The molecule has 10 heteroatoms. The van der Waals surface area contributed by atoms with Gasteiger partial charge in [0, 0.05) is 11.6 Å². The van der Waals surface area contributed by atoms with Crippen molar-refractivity contribution in [1.29, 1.82) is 0 Å². The van der Waals surface area contributed by atoms with Crippen LogP contribution in [-0.2, 0) is 9.53 Å². The molecule has 2 aromatic carbocycles. The number of ether oxygens (including phenoxy) is 2. The van der Waals surface area contributed by atoms with E-state index in [0.29, 0.717) is 54.0 Å². The zero-order chi connectivity index (χ0) is 24.1. The van der Waals surface area contributed by atoms with Crippen molar-refractivity contribution < 1.29 is 29.0 Å². The van der Waals surface area contributed by atoms with E-state index in [9.17, 15) is 19.5 Å². The number of pyridine rings is 1. The first-order chi connectivity index (χ1) is 16.5. The van der Waals surface area contributed by atoms with Crippen LogP contribution in [-0.4, -0.2) is 59.1 Å². The third kappa shape index (κ3) is 5.27. The number of carboxylic acids is 1. The number of amides is 1. The molecule has 0 spiro atoms. The Labute approximate surface area is 196 Å². The Morgan fingerprint density at radius 2 is 1.91 bits per heavy atom. The van der Waals surface area contributed by atoms with Crippen LogP contribution in [0.15, 0.2) is 48.7 Å². The molecule has 0 atom stereocenters. The molecule has 0 unspecified atom stereocenters. The van der Waals surface area contributed by atoms with Crippen LogP contribution in [0.25, 0.3) is 10.9 Å². The molecule has 9 nitrogen and oxygen atoms in total. The van der Waals surface area contributed by atoms with E-state index in [4.69, 9.17) is 9.47 Å². The van der Waals surface area contributed by atoms with Gasteiger partial charge in [0.2, 0.25) is 0 Å². The minimum Gasteiger partial charge on any atom is -0.520 e. The molecule has 0 aliphatic carbocycles. The predicted octanol–water partition coefficient (Wildman–Crippen LogP) is 3.76. The number of anilines is 2. The molecule has 0 bridgehead atoms. The molecule has 0 radical (unpaired) electrons. The van der Waals surface area contributed by atoms with Gasteiger partial charge in [-0.15, -0.1) is 0 Å². The Hall–Kier alpha value is -5.14. The Bertz CT molecular complexity index is 1230. The first kappa shape index (κ1) is 24.5. The number of carbonyl (C=O) groups is 2. The standard InChI is InChI=1S/C25H24N3O6.Fm/c1-2-33-25(32)20-14-26-21-8-7-17(34-16-9-11-28(15-29)12-10-16)13-19(21)23(20)27-22-6-4-3-5-18(22)24(30)31;/h3-8,13-14,16H,2,9-12H2,1H3,(H,26,27)(H,30,31);/q-1;. The maximum Gasteiger partial charge on any atom is 0.341 e. The van der Waals surface area contributed by atoms with Crippen molar-refractivity contribution in [3.8, 4) is 5.75 Å². The third-order valence-corrected chi connectivity index (χ3v) is 5.63. The molecule has 1 aliphatic heterocycles. The number of benzene rings is 2. The molecular formula is C25H24FmN3O6-. The quantitative estimate of drug-likeness (QED) is 0.267. The number of nitrogens with one attached hydrogen (secondary N) is 1. The van der Waals surface area contributed by atoms with E-state index in [1.807, 2.05) is 6.41 Å². The SMILES string of the molecule is CCOC(=O)c1cnc2ccc(OC3CCN([C-]=O)CC3)cc2c1Nc1ccccc1C(=O)O.[Fm]. The maximum atomic E-state index is 12.7. The molecule has 2 N–H and O–H groups in total. The first-order valence-electron chi connectivity index (χ1n) is 11.0. The van der Waals surface area contributed by atoms with Crippen molar-refractivity contribution in [1.82, 2.24) is 9.88 Å². The summed E-state index contributed by atoms with van der Waals surface area (Å²) in [4.78, 5) is 41.2. The Morgan fingerprint density at radius 1 is 1.17 bits per heavy atom. The van der Waals surface area contributed by atoms with Gasteiger partial charge in [0.25, 0.3) is 0 Å². The number of carboxylic acid groups (broad SMARTS) is 1. The van der Waals surface area contributed by atoms with Crippen LogP contribution in [0, 0.1) is 0 Å². The number of piperidine rings is 1. The molecule has 35 heavy (non-hydrogen) atoms. The molecular weight excluding hydrogens is 695 g/mol. The molecule has 1 amide bonds. The Kier molecular flexibility index (Phi) is 7.46. The van der Waals surface area contributed by atoms with Gasteiger partial charge in [-0.05, 0) is 63.2 Å². The number of carbonyl (C=O) groups excluding carboxylic acids is 2. The zero-order valence-electron chi connectivity index (χ0n) is 18.9. The van der Waals surface area contributed by atoms with Gasteiger partial charge < -0.3 is 29.6 Å². The molecule has 1 saturated heterocycles. The molecule has 2 heterocycles. The molecule has 4 rings (SSSR count). The third-order valence-electron chi connectivity index (χ3n) is 5.63. The number of aromatic carboxylic acids is 1. The van der Waals surface area contributed by atoms with Crippen molar-refractivity contribution in [2.75, 3.05) is 25.0 Å². The summed E-state index contributed by atoms with van der Waals surface area (Å²) in [5.74, 6) is -1.09. The first-order valence-corrected chi connectivity index (χ1v) is 11.0. The monoisotopic (exact) mass is 719 g/mol. The van der Waals surface area contributed by atoms with Crippen LogP contribution in [0.1, 0.15) is 40.5 Å².